The number of fused-ring (bicyclic) bond motifs is 4. The normalized spacial score (nSPS) is 11.4. The topological polar surface area (TPSA) is 41.1 Å². The fourth-order valence-electron chi connectivity index (χ4n) is 3.57. The first-order chi connectivity index (χ1) is 12.7. The zero-order valence-corrected chi connectivity index (χ0v) is 15.4. The molecule has 0 unspecified atom stereocenters. The molecule has 0 aliphatic heterocycles. The lowest BCUT2D eigenvalue weighted by Gasteiger charge is -2.13. The van der Waals surface area contributed by atoms with Crippen LogP contribution in [0.4, 0.5) is 0 Å². The van der Waals surface area contributed by atoms with Crippen LogP contribution in [0.1, 0.15) is 11.1 Å². The average molecular weight is 374 g/mol. The van der Waals surface area contributed by atoms with Crippen LogP contribution >= 0.6 is 22.9 Å². The van der Waals surface area contributed by atoms with Crippen LogP contribution in [0.15, 0.2) is 53.9 Å². The van der Waals surface area contributed by atoms with Gasteiger partial charge in [0.25, 0.3) is 0 Å². The predicted octanol–water partition coefficient (Wildman–Crippen LogP) is 6.20. The van der Waals surface area contributed by atoms with Gasteiger partial charge in [0.05, 0.1) is 16.6 Å². The van der Waals surface area contributed by atoms with Crippen molar-refractivity contribution >= 4 is 49.7 Å². The molecule has 5 aromatic rings. The highest BCUT2D eigenvalue weighted by molar-refractivity contribution is 7.17. The number of rotatable bonds is 1. The van der Waals surface area contributed by atoms with Gasteiger partial charge in [0.1, 0.15) is 11.2 Å². The third kappa shape index (κ3) is 1.96. The average Bonchev–Trinajstić information content (AvgIpc) is 3.24. The van der Waals surface area contributed by atoms with E-state index in [-0.39, 0.29) is 0 Å². The van der Waals surface area contributed by atoms with E-state index in [4.69, 9.17) is 11.6 Å². The van der Waals surface area contributed by atoms with Gasteiger partial charge in [-0.3, -0.25) is 4.40 Å². The van der Waals surface area contributed by atoms with E-state index in [1.165, 1.54) is 4.70 Å². The second-order valence-corrected chi connectivity index (χ2v) is 7.45. The molecule has 0 spiro atoms. The highest BCUT2D eigenvalue weighted by Gasteiger charge is 2.22. The Hall–Kier alpha value is -2.87. The molecule has 0 saturated heterocycles. The number of aromatic nitrogens is 2. The first-order valence-electron chi connectivity index (χ1n) is 8.16. The van der Waals surface area contributed by atoms with Crippen LogP contribution in [-0.4, -0.2) is 9.38 Å². The first-order valence-corrected chi connectivity index (χ1v) is 9.42. The fraction of sp³-hybridized carbons (Fsp3) is 0.0476. The van der Waals surface area contributed by atoms with Gasteiger partial charge < -0.3 is 0 Å². The lowest BCUT2D eigenvalue weighted by Crippen LogP contribution is -1.99. The Labute approximate surface area is 158 Å². The monoisotopic (exact) mass is 373 g/mol. The molecule has 5 heteroatoms. The van der Waals surface area contributed by atoms with Gasteiger partial charge >= 0.3 is 0 Å². The van der Waals surface area contributed by atoms with Crippen molar-refractivity contribution in [2.45, 2.75) is 6.92 Å². The van der Waals surface area contributed by atoms with Crippen LogP contribution in [0.25, 0.3) is 37.9 Å². The summed E-state index contributed by atoms with van der Waals surface area (Å²) in [7, 11) is 0. The molecule has 0 atom stereocenters. The number of nitrogens with zero attached hydrogens (tertiary/aromatic N) is 3. The highest BCUT2D eigenvalue weighted by Crippen LogP contribution is 2.42. The number of nitriles is 1. The summed E-state index contributed by atoms with van der Waals surface area (Å²) in [5, 5.41) is 13.7. The quantitative estimate of drug-likeness (QED) is 0.328. The number of thiophene rings is 1. The van der Waals surface area contributed by atoms with E-state index in [1.54, 1.807) is 11.3 Å². The van der Waals surface area contributed by atoms with Crippen LogP contribution < -0.4 is 0 Å². The first kappa shape index (κ1) is 15.4. The summed E-state index contributed by atoms with van der Waals surface area (Å²) in [6, 6.07) is 18.4. The summed E-state index contributed by atoms with van der Waals surface area (Å²) in [4.78, 5) is 4.65. The fourth-order valence-corrected chi connectivity index (χ4v) is 4.94. The second-order valence-electron chi connectivity index (χ2n) is 6.18. The van der Waals surface area contributed by atoms with E-state index in [0.29, 0.717) is 16.4 Å². The number of benzene rings is 2. The van der Waals surface area contributed by atoms with Gasteiger partial charge in [-0.15, -0.1) is 11.3 Å². The molecule has 3 nitrogen and oxygen atoms in total. The van der Waals surface area contributed by atoms with E-state index in [1.807, 2.05) is 47.7 Å². The van der Waals surface area contributed by atoms with E-state index in [9.17, 15) is 5.26 Å². The van der Waals surface area contributed by atoms with Crippen molar-refractivity contribution < 1.29 is 0 Å². The van der Waals surface area contributed by atoms with Gasteiger partial charge in [-0.25, -0.2) is 4.98 Å². The molecule has 0 aliphatic carbocycles. The maximum atomic E-state index is 9.82. The molecular formula is C21H12ClN3S. The molecule has 0 N–H and O–H groups in total. The van der Waals surface area contributed by atoms with Crippen molar-refractivity contribution in [3.8, 4) is 17.2 Å². The van der Waals surface area contributed by atoms with E-state index in [2.05, 4.69) is 28.6 Å². The maximum Gasteiger partial charge on any atom is 0.157 e. The molecule has 5 rings (SSSR count). The smallest absolute Gasteiger partial charge is 0.157 e. The van der Waals surface area contributed by atoms with Crippen molar-refractivity contribution in [1.29, 1.82) is 5.26 Å². The number of imidazole rings is 1. The van der Waals surface area contributed by atoms with Gasteiger partial charge in [0.15, 0.2) is 5.65 Å². The number of para-hydroxylation sites is 2. The second kappa shape index (κ2) is 5.57. The molecule has 124 valence electrons. The largest absolute Gasteiger partial charge is 0.281 e. The van der Waals surface area contributed by atoms with Crippen molar-refractivity contribution in [1.82, 2.24) is 9.38 Å². The van der Waals surface area contributed by atoms with E-state index in [0.717, 1.165) is 33.1 Å². The van der Waals surface area contributed by atoms with Crippen molar-refractivity contribution in [2.24, 2.45) is 0 Å². The summed E-state index contributed by atoms with van der Waals surface area (Å²) < 4.78 is 3.09. The van der Waals surface area contributed by atoms with Crippen LogP contribution in [0.2, 0.25) is 5.15 Å². The molecule has 0 saturated carbocycles. The molecule has 0 fully saturated rings. The summed E-state index contributed by atoms with van der Waals surface area (Å²) >= 11 is 8.59. The number of halogens is 1. The molecule has 0 radical (unpaired) electrons. The Morgan fingerprint density at radius 1 is 1.12 bits per heavy atom. The Kier molecular flexibility index (Phi) is 3.30. The van der Waals surface area contributed by atoms with Crippen LogP contribution in [0.3, 0.4) is 0 Å². The molecule has 3 aromatic heterocycles. The zero-order valence-electron chi connectivity index (χ0n) is 13.8. The van der Waals surface area contributed by atoms with Gasteiger partial charge in [-0.1, -0.05) is 41.9 Å². The van der Waals surface area contributed by atoms with Crippen molar-refractivity contribution in [3.63, 3.8) is 0 Å². The minimum Gasteiger partial charge on any atom is -0.281 e. The van der Waals surface area contributed by atoms with Gasteiger partial charge in [-0.05, 0) is 36.1 Å². The SMILES string of the molecule is Cc1c(-c2csc3ccccc23)c(Cl)n2c(nc3ccccc32)c1C#N. The maximum absolute atomic E-state index is 9.82. The molecule has 3 heterocycles. The summed E-state index contributed by atoms with van der Waals surface area (Å²) in [6.45, 7) is 1.95. The lowest BCUT2D eigenvalue weighted by atomic mass is 9.98. The number of hydrogen-bond acceptors (Lipinski definition) is 3. The van der Waals surface area contributed by atoms with Crippen LogP contribution in [0, 0.1) is 18.3 Å². The molecule has 0 aliphatic rings. The zero-order chi connectivity index (χ0) is 17.8. The standard InChI is InChI=1S/C21H12ClN3S/c1-12-14(10-23)21-24-16-7-3-4-8-17(16)25(21)20(22)19(12)15-11-26-18-9-5-2-6-13(15)18/h2-9,11H,1H3. The molecule has 2 aromatic carbocycles. The Bertz CT molecular complexity index is 1370. The summed E-state index contributed by atoms with van der Waals surface area (Å²) in [5.74, 6) is 0. The third-order valence-corrected chi connectivity index (χ3v) is 6.12. The van der Waals surface area contributed by atoms with Gasteiger partial charge in [0.2, 0.25) is 0 Å². The van der Waals surface area contributed by atoms with E-state index < -0.39 is 0 Å². The number of hydrogen-bond donors (Lipinski definition) is 0. The van der Waals surface area contributed by atoms with Crippen molar-refractivity contribution in [2.75, 3.05) is 0 Å². The summed E-state index contributed by atoms with van der Waals surface area (Å²) in [5.41, 5.74) is 5.74. The van der Waals surface area contributed by atoms with Gasteiger partial charge in [-0.2, -0.15) is 5.26 Å². The van der Waals surface area contributed by atoms with Crippen LogP contribution in [0.5, 0.6) is 0 Å². The minimum absolute atomic E-state index is 0.566. The van der Waals surface area contributed by atoms with E-state index >= 15 is 0 Å². The highest BCUT2D eigenvalue weighted by atomic mass is 35.5. The third-order valence-electron chi connectivity index (χ3n) is 4.80. The predicted molar refractivity (Wildman–Crippen MR) is 108 cm³/mol. The van der Waals surface area contributed by atoms with Crippen molar-refractivity contribution in [3.05, 3.63) is 70.2 Å². The minimum atomic E-state index is 0.566. The Balaban J connectivity index is 2.01. The van der Waals surface area contributed by atoms with Gasteiger partial charge in [0, 0.05) is 21.2 Å². The molecule has 0 bridgehead atoms. The van der Waals surface area contributed by atoms with Crippen LogP contribution in [-0.2, 0) is 0 Å². The Morgan fingerprint density at radius 3 is 2.73 bits per heavy atom. The summed E-state index contributed by atoms with van der Waals surface area (Å²) in [6.07, 6.45) is 0. The number of pyridine rings is 1. The Morgan fingerprint density at radius 2 is 1.88 bits per heavy atom. The lowest BCUT2D eigenvalue weighted by molar-refractivity contribution is 1.19. The molecule has 26 heavy (non-hydrogen) atoms. The molecular weight excluding hydrogens is 362 g/mol. The molecule has 0 amide bonds.